The van der Waals surface area contributed by atoms with Gasteiger partial charge in [-0.2, -0.15) is 0 Å². The van der Waals surface area contributed by atoms with E-state index in [9.17, 15) is 0 Å². The first-order valence-corrected chi connectivity index (χ1v) is 6.93. The maximum absolute atomic E-state index is 6.10. The largest absolute Gasteiger partial charge is 0.380 e. The first kappa shape index (κ1) is 11.9. The molecule has 0 amide bonds. The van der Waals surface area contributed by atoms with E-state index >= 15 is 0 Å². The molecule has 0 aromatic heterocycles. The molecule has 2 nitrogen and oxygen atoms in total. The second kappa shape index (κ2) is 4.51. The van der Waals surface area contributed by atoms with Crippen LogP contribution in [0.4, 0.5) is 11.4 Å². The van der Waals surface area contributed by atoms with Crippen LogP contribution in [0.2, 0.25) is 5.02 Å². The molecule has 0 heterocycles. The van der Waals surface area contributed by atoms with Gasteiger partial charge in [-0.1, -0.05) is 23.8 Å². The lowest BCUT2D eigenvalue weighted by Gasteiger charge is -2.41. The topological polar surface area (TPSA) is 15.3 Å². The number of nitrogens with one attached hydrogen (secondary N) is 1. The van der Waals surface area contributed by atoms with Crippen LogP contribution in [0, 0.1) is 11.8 Å². The summed E-state index contributed by atoms with van der Waals surface area (Å²) in [6.07, 6.45) is 7.23. The quantitative estimate of drug-likeness (QED) is 0.834. The van der Waals surface area contributed by atoms with Gasteiger partial charge in [0.1, 0.15) is 0 Å². The van der Waals surface area contributed by atoms with Gasteiger partial charge in [0, 0.05) is 31.1 Å². The molecule has 0 aliphatic heterocycles. The maximum atomic E-state index is 6.10. The van der Waals surface area contributed by atoms with Gasteiger partial charge in [0.25, 0.3) is 0 Å². The van der Waals surface area contributed by atoms with Crippen molar-refractivity contribution in [2.75, 3.05) is 24.3 Å². The van der Waals surface area contributed by atoms with Crippen molar-refractivity contribution < 1.29 is 0 Å². The molecular formula is C15H19ClN2. The Balaban J connectivity index is 1.79. The molecule has 0 radical (unpaired) electrons. The Morgan fingerprint density at radius 2 is 2.17 bits per heavy atom. The average molecular weight is 263 g/mol. The van der Waals surface area contributed by atoms with Gasteiger partial charge >= 0.3 is 0 Å². The molecule has 3 heteroatoms. The highest BCUT2D eigenvalue weighted by Gasteiger charge is 2.41. The van der Waals surface area contributed by atoms with Crippen molar-refractivity contribution in [2.24, 2.45) is 11.8 Å². The third-order valence-corrected chi connectivity index (χ3v) is 4.38. The molecule has 2 aliphatic carbocycles. The highest BCUT2D eigenvalue weighted by atomic mass is 35.5. The monoisotopic (exact) mass is 262 g/mol. The zero-order valence-corrected chi connectivity index (χ0v) is 11.6. The van der Waals surface area contributed by atoms with Crippen LogP contribution < -0.4 is 10.2 Å². The number of allylic oxidation sites excluding steroid dienone is 1. The predicted molar refractivity (Wildman–Crippen MR) is 78.5 cm³/mol. The Labute approximate surface area is 114 Å². The number of hydrogen-bond donors (Lipinski definition) is 1. The van der Waals surface area contributed by atoms with Crippen LogP contribution in [0.25, 0.3) is 0 Å². The molecule has 1 saturated carbocycles. The minimum atomic E-state index is 0.575. The molecule has 0 saturated heterocycles. The molecule has 1 N–H and O–H groups in total. The summed E-state index contributed by atoms with van der Waals surface area (Å²) in [6, 6.07) is 6.63. The first-order chi connectivity index (χ1) is 8.65. The lowest BCUT2D eigenvalue weighted by Crippen LogP contribution is -2.43. The van der Waals surface area contributed by atoms with Gasteiger partial charge < -0.3 is 10.2 Å². The van der Waals surface area contributed by atoms with Gasteiger partial charge in [0.2, 0.25) is 0 Å². The summed E-state index contributed by atoms with van der Waals surface area (Å²) in [7, 11) is 4.13. The first-order valence-electron chi connectivity index (χ1n) is 6.55. The van der Waals surface area contributed by atoms with Crippen LogP contribution in [0.1, 0.15) is 12.8 Å². The Kier molecular flexibility index (Phi) is 2.98. The fourth-order valence-corrected chi connectivity index (χ4v) is 3.27. The maximum Gasteiger partial charge on any atom is 0.0597 e. The van der Waals surface area contributed by atoms with E-state index in [1.165, 1.54) is 18.5 Å². The molecule has 2 aliphatic rings. The fourth-order valence-electron chi connectivity index (χ4n) is 3.10. The zero-order chi connectivity index (χ0) is 12.7. The summed E-state index contributed by atoms with van der Waals surface area (Å²) in [5, 5.41) is 4.46. The number of hydrogen-bond acceptors (Lipinski definition) is 2. The molecule has 96 valence electrons. The molecule has 0 bridgehead atoms. The van der Waals surface area contributed by atoms with Gasteiger partial charge in [-0.05, 0) is 37.0 Å². The van der Waals surface area contributed by atoms with Gasteiger partial charge in [-0.3, -0.25) is 0 Å². The molecule has 1 fully saturated rings. The third kappa shape index (κ3) is 1.99. The van der Waals surface area contributed by atoms with E-state index in [0.717, 1.165) is 22.5 Å². The molecule has 18 heavy (non-hydrogen) atoms. The summed E-state index contributed by atoms with van der Waals surface area (Å²) in [5.74, 6) is 1.60. The average Bonchev–Trinajstić information content (AvgIpc) is 2.67. The molecule has 1 aromatic rings. The van der Waals surface area contributed by atoms with E-state index in [1.54, 1.807) is 0 Å². The standard InChI is InChI=1S/C15H19ClN2/c1-18(2)15-7-6-11(16)9-14(15)17-13-8-10-4-3-5-12(10)13/h3,5-7,9-10,12-13,17H,4,8H2,1-2H3. The fraction of sp³-hybridized carbons (Fsp3) is 0.467. The minimum Gasteiger partial charge on any atom is -0.380 e. The van der Waals surface area contributed by atoms with Crippen LogP contribution in [-0.4, -0.2) is 20.1 Å². The lowest BCUT2D eigenvalue weighted by molar-refractivity contribution is 0.218. The molecule has 3 rings (SSSR count). The predicted octanol–water partition coefficient (Wildman–Crippen LogP) is 3.78. The van der Waals surface area contributed by atoms with Crippen molar-refractivity contribution in [3.05, 3.63) is 35.4 Å². The van der Waals surface area contributed by atoms with Crippen molar-refractivity contribution in [2.45, 2.75) is 18.9 Å². The van der Waals surface area contributed by atoms with Crippen LogP contribution >= 0.6 is 11.6 Å². The number of rotatable bonds is 3. The van der Waals surface area contributed by atoms with Gasteiger partial charge in [0.05, 0.1) is 11.4 Å². The number of benzene rings is 1. The van der Waals surface area contributed by atoms with E-state index in [0.29, 0.717) is 6.04 Å². The SMILES string of the molecule is CN(C)c1ccc(Cl)cc1NC1CC2CC=CC21. The van der Waals surface area contributed by atoms with Gasteiger partial charge in [-0.15, -0.1) is 0 Å². The Morgan fingerprint density at radius 1 is 1.33 bits per heavy atom. The zero-order valence-electron chi connectivity index (χ0n) is 10.9. The molecule has 0 spiro atoms. The summed E-state index contributed by atoms with van der Waals surface area (Å²) in [6.45, 7) is 0. The Morgan fingerprint density at radius 3 is 2.89 bits per heavy atom. The Bertz CT molecular complexity index is 481. The van der Waals surface area contributed by atoms with Crippen molar-refractivity contribution in [1.29, 1.82) is 0 Å². The van der Waals surface area contributed by atoms with E-state index in [2.05, 4.69) is 42.5 Å². The normalized spacial score (nSPS) is 28.7. The summed E-state index contributed by atoms with van der Waals surface area (Å²) < 4.78 is 0. The van der Waals surface area contributed by atoms with Crippen LogP contribution in [-0.2, 0) is 0 Å². The Hall–Kier alpha value is -1.15. The van der Waals surface area contributed by atoms with E-state index in [1.807, 2.05) is 12.1 Å². The molecule has 3 atom stereocenters. The number of halogens is 1. The van der Waals surface area contributed by atoms with Crippen LogP contribution in [0.3, 0.4) is 0 Å². The minimum absolute atomic E-state index is 0.575. The number of fused-ring (bicyclic) bond motifs is 1. The molecule has 3 unspecified atom stereocenters. The van der Waals surface area contributed by atoms with E-state index in [4.69, 9.17) is 11.6 Å². The van der Waals surface area contributed by atoms with Gasteiger partial charge in [0.15, 0.2) is 0 Å². The van der Waals surface area contributed by atoms with Crippen molar-refractivity contribution in [1.82, 2.24) is 0 Å². The van der Waals surface area contributed by atoms with Crippen molar-refractivity contribution in [3.8, 4) is 0 Å². The van der Waals surface area contributed by atoms with Crippen LogP contribution in [0.15, 0.2) is 30.4 Å². The van der Waals surface area contributed by atoms with E-state index < -0.39 is 0 Å². The summed E-state index contributed by atoms with van der Waals surface area (Å²) in [5.41, 5.74) is 2.35. The highest BCUT2D eigenvalue weighted by Crippen LogP contribution is 2.45. The highest BCUT2D eigenvalue weighted by molar-refractivity contribution is 6.31. The van der Waals surface area contributed by atoms with E-state index in [-0.39, 0.29) is 0 Å². The second-order valence-electron chi connectivity index (χ2n) is 5.54. The van der Waals surface area contributed by atoms with Crippen molar-refractivity contribution >= 4 is 23.0 Å². The van der Waals surface area contributed by atoms with Crippen LogP contribution in [0.5, 0.6) is 0 Å². The third-order valence-electron chi connectivity index (χ3n) is 4.14. The lowest BCUT2D eigenvalue weighted by atomic mass is 9.71. The second-order valence-corrected chi connectivity index (χ2v) is 5.98. The number of nitrogens with zero attached hydrogens (tertiary/aromatic N) is 1. The molecule has 1 aromatic carbocycles. The number of anilines is 2. The smallest absolute Gasteiger partial charge is 0.0597 e. The van der Waals surface area contributed by atoms with Crippen molar-refractivity contribution in [3.63, 3.8) is 0 Å². The summed E-state index contributed by atoms with van der Waals surface area (Å²) >= 11 is 6.10. The molecular weight excluding hydrogens is 244 g/mol. The summed E-state index contributed by atoms with van der Waals surface area (Å²) in [4.78, 5) is 2.12. The van der Waals surface area contributed by atoms with Gasteiger partial charge in [-0.25, -0.2) is 0 Å².